The number of nitriles is 2. The number of benzene rings is 1. The molecule has 0 spiro atoms. The van der Waals surface area contributed by atoms with E-state index in [1.54, 1.807) is 18.2 Å². The van der Waals surface area contributed by atoms with Crippen molar-refractivity contribution in [1.29, 1.82) is 10.5 Å². The normalized spacial score (nSPS) is 10.8. The molecule has 0 saturated heterocycles. The van der Waals surface area contributed by atoms with Crippen molar-refractivity contribution in [2.24, 2.45) is 0 Å². The maximum Gasteiger partial charge on any atom is 0.264 e. The average Bonchev–Trinajstić information content (AvgIpc) is 3.42. The van der Waals surface area contributed by atoms with Gasteiger partial charge < -0.3 is 15.5 Å². The summed E-state index contributed by atoms with van der Waals surface area (Å²) in [5, 5.41) is 22.0. The van der Waals surface area contributed by atoms with Crippen LogP contribution in [0.4, 0.5) is 17.5 Å². The molecule has 0 saturated carbocycles. The highest BCUT2D eigenvalue weighted by atomic mass is 32.2. The van der Waals surface area contributed by atoms with Gasteiger partial charge in [-0.2, -0.15) is 10.5 Å². The van der Waals surface area contributed by atoms with Crippen LogP contribution in [0.25, 0.3) is 11.3 Å². The second-order valence-corrected chi connectivity index (χ2v) is 9.81. The van der Waals surface area contributed by atoms with Crippen molar-refractivity contribution >= 4 is 45.1 Å². The Hall–Kier alpha value is -4.92. The maximum absolute atomic E-state index is 12.5. The molecule has 37 heavy (non-hydrogen) atoms. The lowest BCUT2D eigenvalue weighted by atomic mass is 10.0. The summed E-state index contributed by atoms with van der Waals surface area (Å²) in [5.74, 6) is -0.471. The maximum atomic E-state index is 12.5. The number of pyridine rings is 1. The Labute approximate surface area is 215 Å². The molecule has 0 bridgehead atoms. The molecule has 4 aromatic rings. The Kier molecular flexibility index (Phi) is 7.34. The third-order valence-electron chi connectivity index (χ3n) is 4.76. The molecule has 184 valence electrons. The number of sulfonamides is 1. The van der Waals surface area contributed by atoms with Crippen LogP contribution < -0.4 is 15.8 Å². The van der Waals surface area contributed by atoms with E-state index in [0.717, 1.165) is 11.8 Å². The quantitative estimate of drug-likeness (QED) is 0.282. The Morgan fingerprint density at radius 3 is 2.38 bits per heavy atom. The smallest absolute Gasteiger partial charge is 0.264 e. The first-order valence-electron chi connectivity index (χ1n) is 10.3. The highest BCUT2D eigenvalue weighted by Crippen LogP contribution is 2.35. The standard InChI is InChI=1S/C23H16N8O4S2/c24-11-16-20(18-3-1-10-35-18)17(12-25)22(30-21(16)26)36-13-19(32)29-14-4-6-15(7-5-14)37(33,34)31-23-27-8-2-9-28-23/h1-10H,13H2,(H2,26,30)(H,29,32)(H,27,28,31). The molecule has 0 aliphatic rings. The van der Waals surface area contributed by atoms with E-state index < -0.39 is 15.9 Å². The van der Waals surface area contributed by atoms with E-state index in [-0.39, 0.29) is 49.9 Å². The minimum Gasteiger partial charge on any atom is -0.464 e. The second-order valence-electron chi connectivity index (χ2n) is 7.17. The largest absolute Gasteiger partial charge is 0.464 e. The molecule has 1 aromatic carbocycles. The number of anilines is 3. The van der Waals surface area contributed by atoms with E-state index in [9.17, 15) is 23.7 Å². The van der Waals surface area contributed by atoms with E-state index in [2.05, 4.69) is 25.0 Å². The number of hydrogen-bond acceptors (Lipinski definition) is 11. The second kappa shape index (κ2) is 10.8. The zero-order valence-corrected chi connectivity index (χ0v) is 20.4. The van der Waals surface area contributed by atoms with Crippen LogP contribution >= 0.6 is 11.8 Å². The van der Waals surface area contributed by atoms with Gasteiger partial charge >= 0.3 is 0 Å². The van der Waals surface area contributed by atoms with Gasteiger partial charge in [-0.25, -0.2) is 28.1 Å². The molecule has 1 amide bonds. The number of nitrogens with one attached hydrogen (secondary N) is 2. The predicted octanol–water partition coefficient (Wildman–Crippen LogP) is 2.99. The number of furan rings is 1. The lowest BCUT2D eigenvalue weighted by Gasteiger charge is -2.11. The molecular weight excluding hydrogens is 516 g/mol. The van der Waals surface area contributed by atoms with E-state index in [4.69, 9.17) is 10.2 Å². The number of nitrogens with two attached hydrogens (primary N) is 1. The van der Waals surface area contributed by atoms with Crippen molar-refractivity contribution in [2.45, 2.75) is 9.92 Å². The Bertz CT molecular complexity index is 1630. The molecule has 3 aromatic heterocycles. The number of amides is 1. The van der Waals surface area contributed by atoms with Gasteiger partial charge in [-0.1, -0.05) is 11.8 Å². The van der Waals surface area contributed by atoms with E-state index in [1.165, 1.54) is 42.9 Å². The van der Waals surface area contributed by atoms with Crippen molar-refractivity contribution in [3.8, 4) is 23.5 Å². The number of nitrogens with zero attached hydrogens (tertiary/aromatic N) is 5. The van der Waals surface area contributed by atoms with Crippen LogP contribution in [0.5, 0.6) is 0 Å². The molecule has 0 unspecified atom stereocenters. The van der Waals surface area contributed by atoms with Gasteiger partial charge in [-0.3, -0.25) is 4.79 Å². The SMILES string of the molecule is N#Cc1c(N)nc(SCC(=O)Nc2ccc(S(=O)(=O)Nc3ncccn3)cc2)c(C#N)c1-c1ccco1. The Balaban J connectivity index is 1.46. The lowest BCUT2D eigenvalue weighted by Crippen LogP contribution is -2.16. The van der Waals surface area contributed by atoms with Crippen LogP contribution in [-0.4, -0.2) is 35.0 Å². The molecule has 0 aliphatic carbocycles. The summed E-state index contributed by atoms with van der Waals surface area (Å²) in [6.07, 6.45) is 4.21. The molecule has 4 rings (SSSR count). The van der Waals surface area contributed by atoms with Crippen molar-refractivity contribution < 1.29 is 17.6 Å². The van der Waals surface area contributed by atoms with Crippen molar-refractivity contribution in [3.63, 3.8) is 0 Å². The summed E-state index contributed by atoms with van der Waals surface area (Å²) < 4.78 is 32.6. The lowest BCUT2D eigenvalue weighted by molar-refractivity contribution is -0.113. The molecule has 14 heteroatoms. The number of carbonyl (C=O) groups is 1. The minimum atomic E-state index is -3.92. The van der Waals surface area contributed by atoms with E-state index >= 15 is 0 Å². The van der Waals surface area contributed by atoms with Crippen molar-refractivity contribution in [1.82, 2.24) is 15.0 Å². The zero-order valence-electron chi connectivity index (χ0n) is 18.7. The molecule has 0 atom stereocenters. The van der Waals surface area contributed by atoms with Crippen LogP contribution in [0, 0.1) is 22.7 Å². The van der Waals surface area contributed by atoms with Crippen LogP contribution in [0.1, 0.15) is 11.1 Å². The summed E-state index contributed by atoms with van der Waals surface area (Å²) in [7, 11) is -3.92. The molecule has 0 aliphatic heterocycles. The fourth-order valence-electron chi connectivity index (χ4n) is 3.15. The van der Waals surface area contributed by atoms with Gasteiger partial charge in [0.2, 0.25) is 11.9 Å². The number of nitrogen functional groups attached to an aromatic ring is 1. The fraction of sp³-hybridized carbons (Fsp3) is 0.0435. The summed E-state index contributed by atoms with van der Waals surface area (Å²) >= 11 is 0.956. The van der Waals surface area contributed by atoms with Crippen LogP contribution in [0.3, 0.4) is 0 Å². The monoisotopic (exact) mass is 532 g/mol. The predicted molar refractivity (Wildman–Crippen MR) is 134 cm³/mol. The summed E-state index contributed by atoms with van der Waals surface area (Å²) in [6, 6.07) is 14.2. The van der Waals surface area contributed by atoms with E-state index in [0.29, 0.717) is 5.69 Å². The molecule has 0 radical (unpaired) electrons. The van der Waals surface area contributed by atoms with Gasteiger partial charge in [0.05, 0.1) is 28.0 Å². The highest BCUT2D eigenvalue weighted by Gasteiger charge is 2.23. The zero-order chi connectivity index (χ0) is 26.4. The molecule has 4 N–H and O–H groups in total. The number of carbonyl (C=O) groups excluding carboxylic acids is 1. The van der Waals surface area contributed by atoms with Crippen LogP contribution in [0.2, 0.25) is 0 Å². The van der Waals surface area contributed by atoms with Gasteiger partial charge in [0.25, 0.3) is 10.0 Å². The first kappa shape index (κ1) is 25.2. The average molecular weight is 533 g/mol. The third kappa shape index (κ3) is 5.67. The molecule has 3 heterocycles. The number of hydrogen-bond donors (Lipinski definition) is 3. The minimum absolute atomic E-state index is 0.00339. The van der Waals surface area contributed by atoms with Gasteiger partial charge in [0.1, 0.15) is 34.3 Å². The van der Waals surface area contributed by atoms with Gasteiger partial charge in [-0.15, -0.1) is 0 Å². The topological polar surface area (TPSA) is 201 Å². The van der Waals surface area contributed by atoms with Gasteiger partial charge in [0, 0.05) is 18.1 Å². The summed E-state index contributed by atoms with van der Waals surface area (Å²) in [4.78, 5) is 24.3. The van der Waals surface area contributed by atoms with Crippen molar-refractivity contribution in [3.05, 3.63) is 72.2 Å². The Morgan fingerprint density at radius 1 is 1.05 bits per heavy atom. The highest BCUT2D eigenvalue weighted by molar-refractivity contribution is 8.00. The van der Waals surface area contributed by atoms with Crippen LogP contribution in [-0.2, 0) is 14.8 Å². The van der Waals surface area contributed by atoms with Crippen molar-refractivity contribution in [2.75, 3.05) is 21.5 Å². The Morgan fingerprint density at radius 2 is 1.76 bits per heavy atom. The van der Waals surface area contributed by atoms with Crippen LogP contribution in [0.15, 0.2) is 75.5 Å². The first-order chi connectivity index (χ1) is 17.8. The molecule has 12 nitrogen and oxygen atoms in total. The van der Waals surface area contributed by atoms with E-state index in [1.807, 2.05) is 12.1 Å². The fourth-order valence-corrected chi connectivity index (χ4v) is 4.90. The molecule has 0 fully saturated rings. The van der Waals surface area contributed by atoms with Gasteiger partial charge in [-0.05, 0) is 42.5 Å². The number of rotatable bonds is 8. The molecular formula is C23H16N8O4S2. The summed E-state index contributed by atoms with van der Waals surface area (Å²) in [6.45, 7) is 0. The number of thioether (sulfide) groups is 1. The summed E-state index contributed by atoms with van der Waals surface area (Å²) in [5.41, 5.74) is 6.55. The third-order valence-corrected chi connectivity index (χ3v) is 7.08. The first-order valence-corrected chi connectivity index (χ1v) is 12.8. The number of aromatic nitrogens is 3. The van der Waals surface area contributed by atoms with Gasteiger partial charge in [0.15, 0.2) is 0 Å².